The number of hydrogen-bond acceptors (Lipinski definition) is 3. The van der Waals surface area contributed by atoms with Crippen molar-refractivity contribution in [1.29, 1.82) is 0 Å². The molecule has 1 aromatic carbocycles. The standard InChI is InChI=1S/C14H19N3O2/c1-2-11(15)14(19)17-8-10-6-4-3-5-9(10)7-12(17)13(16)18/h3-6,11-12H,2,7-8,15H2,1H3,(H2,16,18)/t11-,12-/m0/s1. The van der Waals surface area contributed by atoms with Gasteiger partial charge in [0.2, 0.25) is 11.8 Å². The van der Waals surface area contributed by atoms with Crippen molar-refractivity contribution < 1.29 is 9.59 Å². The molecule has 5 heteroatoms. The minimum atomic E-state index is -0.597. The van der Waals surface area contributed by atoms with Crippen molar-refractivity contribution in [2.45, 2.75) is 38.4 Å². The minimum Gasteiger partial charge on any atom is -0.368 e. The van der Waals surface area contributed by atoms with Gasteiger partial charge in [-0.2, -0.15) is 0 Å². The van der Waals surface area contributed by atoms with Crippen LogP contribution in [0.2, 0.25) is 0 Å². The van der Waals surface area contributed by atoms with Gasteiger partial charge in [0, 0.05) is 13.0 Å². The first-order chi connectivity index (χ1) is 9.04. The van der Waals surface area contributed by atoms with Gasteiger partial charge in [0.05, 0.1) is 6.04 Å². The molecule has 0 aliphatic carbocycles. The number of nitrogens with two attached hydrogens (primary N) is 2. The first-order valence-corrected chi connectivity index (χ1v) is 6.46. The van der Waals surface area contributed by atoms with Crippen LogP contribution in [0.3, 0.4) is 0 Å². The molecular weight excluding hydrogens is 242 g/mol. The molecule has 1 aromatic rings. The zero-order chi connectivity index (χ0) is 14.0. The molecule has 1 aliphatic rings. The van der Waals surface area contributed by atoms with Crippen molar-refractivity contribution in [3.8, 4) is 0 Å². The number of nitrogens with zero attached hydrogens (tertiary/aromatic N) is 1. The lowest BCUT2D eigenvalue weighted by Gasteiger charge is -2.36. The van der Waals surface area contributed by atoms with Gasteiger partial charge in [-0.1, -0.05) is 31.2 Å². The molecule has 2 amide bonds. The Balaban J connectivity index is 2.31. The third-order valence-electron chi connectivity index (χ3n) is 3.62. The maximum absolute atomic E-state index is 12.2. The SMILES string of the molecule is CC[C@H](N)C(=O)N1Cc2ccccc2C[C@H]1C(N)=O. The number of fused-ring (bicyclic) bond motifs is 1. The Morgan fingerprint density at radius 1 is 1.37 bits per heavy atom. The van der Waals surface area contributed by atoms with Crippen LogP contribution in [0.25, 0.3) is 0 Å². The highest BCUT2D eigenvalue weighted by Gasteiger charge is 2.34. The van der Waals surface area contributed by atoms with Gasteiger partial charge in [0.15, 0.2) is 0 Å². The molecule has 0 aromatic heterocycles. The second-order valence-electron chi connectivity index (χ2n) is 4.87. The van der Waals surface area contributed by atoms with Crippen LogP contribution in [0.5, 0.6) is 0 Å². The van der Waals surface area contributed by atoms with Crippen LogP contribution >= 0.6 is 0 Å². The minimum absolute atomic E-state index is 0.208. The molecule has 0 radical (unpaired) electrons. The highest BCUT2D eigenvalue weighted by Crippen LogP contribution is 2.23. The molecule has 1 aliphatic heterocycles. The van der Waals surface area contributed by atoms with Crippen molar-refractivity contribution in [2.24, 2.45) is 11.5 Å². The second kappa shape index (κ2) is 5.40. The van der Waals surface area contributed by atoms with Gasteiger partial charge in [-0.25, -0.2) is 0 Å². The van der Waals surface area contributed by atoms with Crippen LogP contribution in [0, 0.1) is 0 Å². The van der Waals surface area contributed by atoms with Crippen LogP contribution < -0.4 is 11.5 Å². The van der Waals surface area contributed by atoms with Gasteiger partial charge in [-0.05, 0) is 17.5 Å². The van der Waals surface area contributed by atoms with Crippen molar-refractivity contribution in [3.63, 3.8) is 0 Å². The Bertz CT molecular complexity index is 501. The first kappa shape index (κ1) is 13.5. The molecule has 1 heterocycles. The van der Waals surface area contributed by atoms with Gasteiger partial charge >= 0.3 is 0 Å². The van der Waals surface area contributed by atoms with Gasteiger partial charge in [-0.15, -0.1) is 0 Å². The van der Waals surface area contributed by atoms with E-state index in [4.69, 9.17) is 11.5 Å². The molecule has 0 saturated heterocycles. The fourth-order valence-corrected chi connectivity index (χ4v) is 2.40. The summed E-state index contributed by atoms with van der Waals surface area (Å²) in [5.41, 5.74) is 13.3. The Morgan fingerprint density at radius 3 is 2.58 bits per heavy atom. The van der Waals surface area contributed by atoms with Gasteiger partial charge in [0.1, 0.15) is 6.04 Å². The monoisotopic (exact) mass is 261 g/mol. The van der Waals surface area contributed by atoms with Crippen molar-refractivity contribution in [3.05, 3.63) is 35.4 Å². The summed E-state index contributed by atoms with van der Waals surface area (Å²) in [6.45, 7) is 2.25. The Labute approximate surface area is 112 Å². The fraction of sp³-hybridized carbons (Fsp3) is 0.429. The van der Waals surface area contributed by atoms with E-state index < -0.39 is 18.0 Å². The molecule has 0 bridgehead atoms. The van der Waals surface area contributed by atoms with Crippen molar-refractivity contribution in [1.82, 2.24) is 4.90 Å². The molecule has 4 N–H and O–H groups in total. The largest absolute Gasteiger partial charge is 0.368 e. The summed E-state index contributed by atoms with van der Waals surface area (Å²) in [5, 5.41) is 0. The van der Waals surface area contributed by atoms with Gasteiger partial charge in [-0.3, -0.25) is 9.59 Å². The van der Waals surface area contributed by atoms with Crippen LogP contribution in [0.1, 0.15) is 24.5 Å². The van der Waals surface area contributed by atoms with E-state index in [1.807, 2.05) is 31.2 Å². The lowest BCUT2D eigenvalue weighted by atomic mass is 9.93. The van der Waals surface area contributed by atoms with E-state index in [1.54, 1.807) is 0 Å². The smallest absolute Gasteiger partial charge is 0.240 e. The molecule has 0 fully saturated rings. The van der Waals surface area contributed by atoms with E-state index >= 15 is 0 Å². The zero-order valence-electron chi connectivity index (χ0n) is 11.0. The number of rotatable bonds is 3. The van der Waals surface area contributed by atoms with E-state index in [1.165, 1.54) is 4.90 Å². The molecule has 2 rings (SSSR count). The van der Waals surface area contributed by atoms with E-state index in [-0.39, 0.29) is 5.91 Å². The zero-order valence-corrected chi connectivity index (χ0v) is 11.0. The summed E-state index contributed by atoms with van der Waals surface area (Å²) in [6, 6.07) is 6.60. The third kappa shape index (κ3) is 2.61. The predicted molar refractivity (Wildman–Crippen MR) is 71.9 cm³/mol. The maximum atomic E-state index is 12.2. The average Bonchev–Trinajstić information content (AvgIpc) is 2.44. The lowest BCUT2D eigenvalue weighted by Crippen LogP contribution is -2.55. The van der Waals surface area contributed by atoms with Crippen molar-refractivity contribution >= 4 is 11.8 Å². The van der Waals surface area contributed by atoms with E-state index in [0.29, 0.717) is 19.4 Å². The lowest BCUT2D eigenvalue weighted by molar-refractivity contribution is -0.141. The number of carbonyl (C=O) groups is 2. The molecule has 102 valence electrons. The molecule has 19 heavy (non-hydrogen) atoms. The number of primary amides is 1. The molecule has 2 atom stereocenters. The molecule has 5 nitrogen and oxygen atoms in total. The van der Waals surface area contributed by atoms with Crippen LogP contribution in [-0.4, -0.2) is 28.8 Å². The summed E-state index contributed by atoms with van der Waals surface area (Å²) >= 11 is 0. The Kier molecular flexibility index (Phi) is 3.85. The molecule has 0 unspecified atom stereocenters. The Morgan fingerprint density at radius 2 is 2.00 bits per heavy atom. The second-order valence-corrected chi connectivity index (χ2v) is 4.87. The molecule has 0 saturated carbocycles. The predicted octanol–water partition coefficient (Wildman–Crippen LogP) is 0.162. The van der Waals surface area contributed by atoms with Gasteiger partial charge in [0.25, 0.3) is 0 Å². The highest BCUT2D eigenvalue weighted by atomic mass is 16.2. The summed E-state index contributed by atoms with van der Waals surface area (Å²) in [5.74, 6) is -0.688. The quantitative estimate of drug-likeness (QED) is 0.812. The molecular formula is C14H19N3O2. The average molecular weight is 261 g/mol. The van der Waals surface area contributed by atoms with E-state index in [9.17, 15) is 9.59 Å². The fourth-order valence-electron chi connectivity index (χ4n) is 2.40. The number of carbonyl (C=O) groups excluding carboxylic acids is 2. The number of hydrogen-bond donors (Lipinski definition) is 2. The third-order valence-corrected chi connectivity index (χ3v) is 3.62. The summed E-state index contributed by atoms with van der Waals surface area (Å²) in [7, 11) is 0. The van der Waals surface area contributed by atoms with Crippen LogP contribution in [-0.2, 0) is 22.6 Å². The topological polar surface area (TPSA) is 89.4 Å². The first-order valence-electron chi connectivity index (χ1n) is 6.46. The van der Waals surface area contributed by atoms with E-state index in [0.717, 1.165) is 11.1 Å². The number of amides is 2. The van der Waals surface area contributed by atoms with Crippen LogP contribution in [0.4, 0.5) is 0 Å². The van der Waals surface area contributed by atoms with E-state index in [2.05, 4.69) is 0 Å². The summed E-state index contributed by atoms with van der Waals surface area (Å²) < 4.78 is 0. The summed E-state index contributed by atoms with van der Waals surface area (Å²) in [4.78, 5) is 25.3. The maximum Gasteiger partial charge on any atom is 0.240 e. The highest BCUT2D eigenvalue weighted by molar-refractivity contribution is 5.89. The van der Waals surface area contributed by atoms with Crippen molar-refractivity contribution in [2.75, 3.05) is 0 Å². The Hall–Kier alpha value is -1.88. The van der Waals surface area contributed by atoms with Crippen LogP contribution in [0.15, 0.2) is 24.3 Å². The molecule has 0 spiro atoms. The summed E-state index contributed by atoms with van der Waals surface area (Å²) in [6.07, 6.45) is 1.01. The van der Waals surface area contributed by atoms with Gasteiger partial charge < -0.3 is 16.4 Å². The normalized spacial score (nSPS) is 19.7. The number of benzene rings is 1.